The van der Waals surface area contributed by atoms with Crippen molar-refractivity contribution in [2.45, 2.75) is 32.9 Å². The van der Waals surface area contributed by atoms with Gasteiger partial charge in [-0.15, -0.1) is 0 Å². The Bertz CT molecular complexity index is 442. The molecule has 2 heterocycles. The Balaban J connectivity index is 1.71. The van der Waals surface area contributed by atoms with E-state index in [1.807, 2.05) is 29.9 Å². The number of ether oxygens (including phenoxy) is 1. The topological polar surface area (TPSA) is 55.3 Å². The van der Waals surface area contributed by atoms with Crippen LogP contribution >= 0.6 is 0 Å². The number of carbonyl (C=O) groups is 1. The predicted molar refractivity (Wildman–Crippen MR) is 78.3 cm³/mol. The van der Waals surface area contributed by atoms with E-state index in [1.165, 1.54) is 0 Å². The Morgan fingerprint density at radius 2 is 2.30 bits per heavy atom. The molecule has 0 bridgehead atoms. The molecular formula is C15H25N3O2. The van der Waals surface area contributed by atoms with E-state index < -0.39 is 0 Å². The Morgan fingerprint density at radius 3 is 2.95 bits per heavy atom. The molecule has 1 saturated heterocycles. The van der Waals surface area contributed by atoms with E-state index in [1.54, 1.807) is 0 Å². The van der Waals surface area contributed by atoms with Gasteiger partial charge in [0, 0.05) is 38.0 Å². The fraction of sp³-hybridized carbons (Fsp3) is 0.667. The lowest BCUT2D eigenvalue weighted by Crippen LogP contribution is -2.40. The number of hydrogen-bond donors (Lipinski definition) is 2. The number of hydrogen-bond acceptors (Lipinski definition) is 2. The average molecular weight is 279 g/mol. The number of nitrogens with zero attached hydrogens (tertiary/aromatic N) is 1. The lowest BCUT2D eigenvalue weighted by Gasteiger charge is -2.22. The number of aryl methyl sites for hydroxylation is 1. The maximum absolute atomic E-state index is 11.8. The zero-order valence-corrected chi connectivity index (χ0v) is 12.6. The van der Waals surface area contributed by atoms with Crippen molar-refractivity contribution >= 4 is 6.03 Å². The van der Waals surface area contributed by atoms with Crippen molar-refractivity contribution in [2.75, 3.05) is 13.2 Å². The monoisotopic (exact) mass is 279 g/mol. The van der Waals surface area contributed by atoms with E-state index >= 15 is 0 Å². The molecule has 0 aliphatic carbocycles. The summed E-state index contributed by atoms with van der Waals surface area (Å²) in [6.07, 6.45) is 3.27. The molecule has 2 amide bonds. The van der Waals surface area contributed by atoms with Crippen molar-refractivity contribution in [3.63, 3.8) is 0 Å². The summed E-state index contributed by atoms with van der Waals surface area (Å²) in [7, 11) is 1.97. The van der Waals surface area contributed by atoms with Crippen LogP contribution < -0.4 is 10.6 Å². The van der Waals surface area contributed by atoms with Gasteiger partial charge in [-0.1, -0.05) is 13.8 Å². The highest BCUT2D eigenvalue weighted by Gasteiger charge is 2.30. The van der Waals surface area contributed by atoms with Crippen molar-refractivity contribution in [1.82, 2.24) is 15.2 Å². The first-order chi connectivity index (χ1) is 9.58. The molecule has 0 saturated carbocycles. The maximum Gasteiger partial charge on any atom is 0.315 e. The maximum atomic E-state index is 11.8. The second kappa shape index (κ2) is 6.79. The lowest BCUT2D eigenvalue weighted by molar-refractivity contribution is 0.0545. The van der Waals surface area contributed by atoms with E-state index in [-0.39, 0.29) is 12.1 Å². The number of urea groups is 1. The second-order valence-electron chi connectivity index (χ2n) is 5.80. The summed E-state index contributed by atoms with van der Waals surface area (Å²) in [4.78, 5) is 11.8. The predicted octanol–water partition coefficient (Wildman–Crippen LogP) is 1.89. The van der Waals surface area contributed by atoms with Crippen LogP contribution in [0.5, 0.6) is 0 Å². The Labute approximate surface area is 120 Å². The third-order valence-electron chi connectivity index (χ3n) is 3.93. The van der Waals surface area contributed by atoms with Crippen LogP contribution in [0, 0.1) is 11.8 Å². The van der Waals surface area contributed by atoms with Crippen molar-refractivity contribution < 1.29 is 9.53 Å². The van der Waals surface area contributed by atoms with Crippen LogP contribution in [0.3, 0.4) is 0 Å². The largest absolute Gasteiger partial charge is 0.378 e. The van der Waals surface area contributed by atoms with Gasteiger partial charge in [0.2, 0.25) is 0 Å². The molecule has 1 aliphatic rings. The molecule has 5 nitrogen and oxygen atoms in total. The van der Waals surface area contributed by atoms with Crippen LogP contribution in [0.1, 0.15) is 26.0 Å². The van der Waals surface area contributed by atoms with Gasteiger partial charge in [0.15, 0.2) is 0 Å². The summed E-state index contributed by atoms with van der Waals surface area (Å²) < 4.78 is 7.72. The van der Waals surface area contributed by atoms with Crippen molar-refractivity contribution in [3.05, 3.63) is 24.0 Å². The van der Waals surface area contributed by atoms with E-state index in [4.69, 9.17) is 4.74 Å². The summed E-state index contributed by atoms with van der Waals surface area (Å²) in [5.41, 5.74) is 1.09. The van der Waals surface area contributed by atoms with Crippen LogP contribution in [0.15, 0.2) is 18.3 Å². The minimum atomic E-state index is -0.111. The summed E-state index contributed by atoms with van der Waals surface area (Å²) in [6, 6.07) is 3.86. The summed E-state index contributed by atoms with van der Waals surface area (Å²) >= 11 is 0. The molecule has 1 fully saturated rings. The Kier molecular flexibility index (Phi) is 5.06. The lowest BCUT2D eigenvalue weighted by atomic mass is 9.93. The van der Waals surface area contributed by atoms with Crippen LogP contribution in [-0.2, 0) is 18.3 Å². The number of nitrogens with one attached hydrogen (secondary N) is 2. The molecule has 0 unspecified atom stereocenters. The molecule has 2 atom stereocenters. The Hall–Kier alpha value is -1.49. The number of carbonyl (C=O) groups excluding carboxylic acids is 1. The van der Waals surface area contributed by atoms with Gasteiger partial charge in [0.25, 0.3) is 0 Å². The molecule has 2 rings (SSSR count). The fourth-order valence-electron chi connectivity index (χ4n) is 2.75. The van der Waals surface area contributed by atoms with E-state index in [9.17, 15) is 4.79 Å². The molecule has 112 valence electrons. The molecule has 1 aliphatic heterocycles. The van der Waals surface area contributed by atoms with Gasteiger partial charge >= 0.3 is 6.03 Å². The third kappa shape index (κ3) is 3.76. The molecule has 0 aromatic carbocycles. The van der Waals surface area contributed by atoms with Gasteiger partial charge < -0.3 is 19.9 Å². The molecular weight excluding hydrogens is 254 g/mol. The van der Waals surface area contributed by atoms with Gasteiger partial charge in [0.05, 0.1) is 12.6 Å². The Morgan fingerprint density at radius 1 is 1.50 bits per heavy atom. The number of aromatic nitrogens is 1. The first kappa shape index (κ1) is 14.9. The van der Waals surface area contributed by atoms with E-state index in [0.29, 0.717) is 24.9 Å². The number of amides is 2. The normalized spacial score (nSPS) is 22.2. The fourth-order valence-corrected chi connectivity index (χ4v) is 2.75. The minimum Gasteiger partial charge on any atom is -0.378 e. The highest BCUT2D eigenvalue weighted by Crippen LogP contribution is 2.25. The van der Waals surface area contributed by atoms with Gasteiger partial charge in [-0.2, -0.15) is 0 Å². The molecule has 5 heteroatoms. The highest BCUT2D eigenvalue weighted by atomic mass is 16.5. The molecule has 1 aromatic rings. The van der Waals surface area contributed by atoms with Crippen LogP contribution in [-0.4, -0.2) is 29.9 Å². The van der Waals surface area contributed by atoms with Crippen LogP contribution in [0.25, 0.3) is 0 Å². The molecule has 20 heavy (non-hydrogen) atoms. The SMILES string of the molecule is CC(C)[C@@H]1OCC[C@@H]1CNC(=O)NCc1cccn1C. The zero-order valence-electron chi connectivity index (χ0n) is 12.6. The molecule has 2 N–H and O–H groups in total. The van der Waals surface area contributed by atoms with Gasteiger partial charge in [0.1, 0.15) is 0 Å². The van der Waals surface area contributed by atoms with E-state index in [0.717, 1.165) is 18.7 Å². The average Bonchev–Trinajstić information content (AvgIpc) is 3.02. The van der Waals surface area contributed by atoms with Gasteiger partial charge in [-0.05, 0) is 24.5 Å². The van der Waals surface area contributed by atoms with Crippen molar-refractivity contribution in [3.8, 4) is 0 Å². The molecule has 0 spiro atoms. The smallest absolute Gasteiger partial charge is 0.315 e. The minimum absolute atomic E-state index is 0.111. The molecule has 1 aromatic heterocycles. The molecule has 0 radical (unpaired) electrons. The third-order valence-corrected chi connectivity index (χ3v) is 3.93. The summed E-state index contributed by atoms with van der Waals surface area (Å²) in [5, 5.41) is 5.83. The van der Waals surface area contributed by atoms with Crippen LogP contribution in [0.2, 0.25) is 0 Å². The van der Waals surface area contributed by atoms with Gasteiger partial charge in [-0.3, -0.25) is 0 Å². The van der Waals surface area contributed by atoms with Crippen molar-refractivity contribution in [2.24, 2.45) is 18.9 Å². The summed E-state index contributed by atoms with van der Waals surface area (Å²) in [6.45, 7) is 6.36. The summed E-state index contributed by atoms with van der Waals surface area (Å²) in [5.74, 6) is 0.923. The first-order valence-electron chi connectivity index (χ1n) is 7.31. The van der Waals surface area contributed by atoms with Gasteiger partial charge in [-0.25, -0.2) is 4.79 Å². The highest BCUT2D eigenvalue weighted by molar-refractivity contribution is 5.73. The zero-order chi connectivity index (χ0) is 14.5. The van der Waals surface area contributed by atoms with Crippen molar-refractivity contribution in [1.29, 1.82) is 0 Å². The second-order valence-corrected chi connectivity index (χ2v) is 5.80. The van der Waals surface area contributed by atoms with Crippen LogP contribution in [0.4, 0.5) is 4.79 Å². The van der Waals surface area contributed by atoms with E-state index in [2.05, 4.69) is 24.5 Å². The first-order valence-corrected chi connectivity index (χ1v) is 7.31. The number of rotatable bonds is 5. The quantitative estimate of drug-likeness (QED) is 0.864. The standard InChI is InChI=1S/C15H25N3O2/c1-11(2)14-12(6-8-20-14)9-16-15(19)17-10-13-5-4-7-18(13)3/h4-5,7,11-12,14H,6,8-10H2,1-3H3,(H2,16,17,19)/t12-,14+/m1/s1.